The van der Waals surface area contributed by atoms with Gasteiger partial charge in [-0.15, -0.1) is 0 Å². The Hall–Kier alpha value is -1.29. The first-order valence-electron chi connectivity index (χ1n) is 7.88. The average Bonchev–Trinajstić information content (AvgIpc) is 3.37. The zero-order chi connectivity index (χ0) is 15.4. The number of rotatable bonds is 6. The lowest BCUT2D eigenvalue weighted by Crippen LogP contribution is -2.37. The quantitative estimate of drug-likeness (QED) is 0.593. The number of aromatic nitrogens is 1. The van der Waals surface area contributed by atoms with Gasteiger partial charge in [-0.3, -0.25) is 9.69 Å². The molecule has 1 aromatic heterocycles. The van der Waals surface area contributed by atoms with E-state index in [9.17, 15) is 4.79 Å². The predicted octanol–water partition coefficient (Wildman–Crippen LogP) is 2.02. The first kappa shape index (κ1) is 15.6. The van der Waals surface area contributed by atoms with Crippen molar-refractivity contribution in [2.45, 2.75) is 36.6 Å². The molecule has 0 bridgehead atoms. The standard InChI is InChI=1S/C16H21N3O2S/c17-12-22-15-10-14(13-2-3-13)11-19(16(15)20)5-1-4-18-6-8-21-9-7-18/h10-11,13H,1-9H2. The highest BCUT2D eigenvalue weighted by Gasteiger charge is 2.25. The molecule has 2 heterocycles. The molecule has 0 amide bonds. The minimum Gasteiger partial charge on any atom is -0.379 e. The van der Waals surface area contributed by atoms with E-state index in [0.717, 1.165) is 57.6 Å². The van der Waals surface area contributed by atoms with Gasteiger partial charge in [-0.1, -0.05) is 0 Å². The zero-order valence-corrected chi connectivity index (χ0v) is 13.5. The molecule has 118 valence electrons. The number of thioether (sulfide) groups is 1. The van der Waals surface area contributed by atoms with Crippen LogP contribution in [0.5, 0.6) is 0 Å². The molecule has 0 spiro atoms. The third-order valence-electron chi connectivity index (χ3n) is 4.26. The molecule has 0 radical (unpaired) electrons. The van der Waals surface area contributed by atoms with Gasteiger partial charge in [0.2, 0.25) is 0 Å². The van der Waals surface area contributed by atoms with E-state index in [1.807, 2.05) is 17.7 Å². The van der Waals surface area contributed by atoms with Crippen LogP contribution in [0.25, 0.3) is 0 Å². The predicted molar refractivity (Wildman–Crippen MR) is 86.0 cm³/mol. The number of nitrogens with zero attached hydrogens (tertiary/aromatic N) is 3. The Bertz CT molecular complexity index is 613. The maximum absolute atomic E-state index is 12.4. The van der Waals surface area contributed by atoms with E-state index in [0.29, 0.717) is 10.8 Å². The molecule has 2 fully saturated rings. The van der Waals surface area contributed by atoms with Gasteiger partial charge in [-0.25, -0.2) is 0 Å². The number of thiocyanates is 1. The Labute approximate surface area is 134 Å². The van der Waals surface area contributed by atoms with Crippen molar-refractivity contribution in [3.63, 3.8) is 0 Å². The van der Waals surface area contributed by atoms with Gasteiger partial charge < -0.3 is 9.30 Å². The van der Waals surface area contributed by atoms with Gasteiger partial charge >= 0.3 is 0 Å². The molecule has 0 unspecified atom stereocenters. The van der Waals surface area contributed by atoms with Crippen LogP contribution < -0.4 is 5.56 Å². The van der Waals surface area contributed by atoms with Crippen molar-refractivity contribution in [1.29, 1.82) is 5.26 Å². The molecule has 1 saturated carbocycles. The Morgan fingerprint density at radius 3 is 2.77 bits per heavy atom. The Balaban J connectivity index is 1.66. The number of hydrogen-bond acceptors (Lipinski definition) is 5. The van der Waals surface area contributed by atoms with Crippen molar-refractivity contribution in [3.8, 4) is 5.40 Å². The molecule has 1 saturated heterocycles. The van der Waals surface area contributed by atoms with Gasteiger partial charge in [0.05, 0.1) is 18.1 Å². The lowest BCUT2D eigenvalue weighted by atomic mass is 10.2. The summed E-state index contributed by atoms with van der Waals surface area (Å²) < 4.78 is 7.14. The summed E-state index contributed by atoms with van der Waals surface area (Å²) >= 11 is 0.982. The number of ether oxygens (including phenoxy) is 1. The van der Waals surface area contributed by atoms with Crippen LogP contribution in [0.2, 0.25) is 0 Å². The van der Waals surface area contributed by atoms with Crippen LogP contribution in [0.4, 0.5) is 0 Å². The lowest BCUT2D eigenvalue weighted by molar-refractivity contribution is 0.0369. The Morgan fingerprint density at radius 2 is 2.09 bits per heavy atom. The summed E-state index contributed by atoms with van der Waals surface area (Å²) in [6.45, 7) is 5.28. The minimum absolute atomic E-state index is 0.0297. The van der Waals surface area contributed by atoms with Crippen molar-refractivity contribution >= 4 is 11.8 Å². The monoisotopic (exact) mass is 319 g/mol. The molecular formula is C16H21N3O2S. The SMILES string of the molecule is N#CSc1cc(C2CC2)cn(CCCN2CCOCC2)c1=O. The normalized spacial score (nSPS) is 19.0. The van der Waals surface area contributed by atoms with Crippen LogP contribution in [0.1, 0.15) is 30.7 Å². The molecule has 5 nitrogen and oxygen atoms in total. The molecule has 6 heteroatoms. The summed E-state index contributed by atoms with van der Waals surface area (Å²) in [5, 5.41) is 10.9. The molecule has 3 rings (SSSR count). The second-order valence-corrected chi connectivity index (χ2v) is 6.74. The molecular weight excluding hydrogens is 298 g/mol. The second-order valence-electron chi connectivity index (χ2n) is 5.91. The molecule has 1 aromatic rings. The maximum atomic E-state index is 12.4. The first-order valence-corrected chi connectivity index (χ1v) is 8.70. The van der Waals surface area contributed by atoms with Crippen LogP contribution in [0, 0.1) is 10.7 Å². The third kappa shape index (κ3) is 3.92. The molecule has 2 aliphatic rings. The largest absolute Gasteiger partial charge is 0.379 e. The van der Waals surface area contributed by atoms with Crippen molar-refractivity contribution in [3.05, 3.63) is 28.2 Å². The maximum Gasteiger partial charge on any atom is 0.265 e. The number of pyridine rings is 1. The van der Waals surface area contributed by atoms with E-state index in [4.69, 9.17) is 10.00 Å². The zero-order valence-electron chi connectivity index (χ0n) is 12.7. The molecule has 0 atom stereocenters. The van der Waals surface area contributed by atoms with E-state index in [1.165, 1.54) is 18.4 Å². The van der Waals surface area contributed by atoms with E-state index in [1.54, 1.807) is 4.57 Å². The highest BCUT2D eigenvalue weighted by atomic mass is 32.2. The number of aryl methyl sites for hydroxylation is 1. The van der Waals surface area contributed by atoms with Gasteiger partial charge in [0.25, 0.3) is 5.56 Å². The summed E-state index contributed by atoms with van der Waals surface area (Å²) in [5.74, 6) is 0.587. The average molecular weight is 319 g/mol. The van der Waals surface area contributed by atoms with Gasteiger partial charge in [0, 0.05) is 32.4 Å². The van der Waals surface area contributed by atoms with Crippen LogP contribution in [-0.4, -0.2) is 42.3 Å². The highest BCUT2D eigenvalue weighted by Crippen LogP contribution is 2.40. The van der Waals surface area contributed by atoms with Gasteiger partial charge in [-0.2, -0.15) is 5.26 Å². The molecule has 22 heavy (non-hydrogen) atoms. The summed E-state index contributed by atoms with van der Waals surface area (Å²) in [6.07, 6.45) is 5.34. The molecule has 0 N–H and O–H groups in total. The summed E-state index contributed by atoms with van der Waals surface area (Å²) in [5.41, 5.74) is 1.18. The molecule has 1 aliphatic carbocycles. The summed E-state index contributed by atoms with van der Waals surface area (Å²) in [7, 11) is 0. The minimum atomic E-state index is -0.0297. The lowest BCUT2D eigenvalue weighted by Gasteiger charge is -2.26. The topological polar surface area (TPSA) is 58.3 Å². The fourth-order valence-corrected chi connectivity index (χ4v) is 3.35. The first-order chi connectivity index (χ1) is 10.8. The number of nitriles is 1. The Morgan fingerprint density at radius 1 is 1.32 bits per heavy atom. The van der Waals surface area contributed by atoms with Gasteiger partial charge in [0.15, 0.2) is 0 Å². The van der Waals surface area contributed by atoms with E-state index in [-0.39, 0.29) is 5.56 Å². The third-order valence-corrected chi connectivity index (χ3v) is 4.86. The highest BCUT2D eigenvalue weighted by molar-refractivity contribution is 8.03. The van der Waals surface area contributed by atoms with Gasteiger partial charge in [-0.05, 0) is 48.6 Å². The Kier molecular flexibility index (Phi) is 5.19. The number of hydrogen-bond donors (Lipinski definition) is 0. The van der Waals surface area contributed by atoms with E-state index in [2.05, 4.69) is 4.90 Å². The second kappa shape index (κ2) is 7.32. The van der Waals surface area contributed by atoms with Crippen LogP contribution in [0.15, 0.2) is 22.0 Å². The van der Waals surface area contributed by atoms with Crippen LogP contribution in [0.3, 0.4) is 0 Å². The van der Waals surface area contributed by atoms with Crippen molar-refractivity contribution in [2.75, 3.05) is 32.8 Å². The van der Waals surface area contributed by atoms with Crippen molar-refractivity contribution in [2.24, 2.45) is 0 Å². The molecule has 1 aliphatic heterocycles. The van der Waals surface area contributed by atoms with Crippen molar-refractivity contribution in [1.82, 2.24) is 9.47 Å². The van der Waals surface area contributed by atoms with Crippen LogP contribution in [-0.2, 0) is 11.3 Å². The summed E-state index contributed by atoms with van der Waals surface area (Å²) in [6, 6.07) is 1.91. The fourth-order valence-electron chi connectivity index (χ4n) is 2.85. The molecule has 0 aromatic carbocycles. The fraction of sp³-hybridized carbons (Fsp3) is 0.625. The van der Waals surface area contributed by atoms with E-state index < -0.39 is 0 Å². The van der Waals surface area contributed by atoms with Crippen LogP contribution >= 0.6 is 11.8 Å². The van der Waals surface area contributed by atoms with E-state index >= 15 is 0 Å². The number of morpholine rings is 1. The summed E-state index contributed by atoms with van der Waals surface area (Å²) in [4.78, 5) is 15.3. The smallest absolute Gasteiger partial charge is 0.265 e. The van der Waals surface area contributed by atoms with Gasteiger partial charge in [0.1, 0.15) is 5.40 Å². The van der Waals surface area contributed by atoms with Crippen molar-refractivity contribution < 1.29 is 4.74 Å².